The first-order valence-corrected chi connectivity index (χ1v) is 7.71. The maximum Gasteiger partial charge on any atom is 0.267 e. The molecule has 0 saturated heterocycles. The summed E-state index contributed by atoms with van der Waals surface area (Å²) in [5.74, 6) is -0.497. The zero-order valence-electron chi connectivity index (χ0n) is 13.6. The van der Waals surface area contributed by atoms with Gasteiger partial charge in [0.1, 0.15) is 5.69 Å². The first kappa shape index (κ1) is 16.4. The highest BCUT2D eigenvalue weighted by atomic mass is 16.2. The molecule has 0 bridgehead atoms. The minimum Gasteiger partial charge on any atom is -0.349 e. The van der Waals surface area contributed by atoms with Crippen molar-refractivity contribution in [3.05, 3.63) is 64.3 Å². The number of hydrogen-bond donors (Lipinski definition) is 3. The predicted molar refractivity (Wildman–Crippen MR) is 92.5 cm³/mol. The fourth-order valence-electron chi connectivity index (χ4n) is 2.38. The van der Waals surface area contributed by atoms with E-state index >= 15 is 0 Å². The minimum absolute atomic E-state index is 0.236. The molecule has 3 aromatic heterocycles. The summed E-state index contributed by atoms with van der Waals surface area (Å²) >= 11 is 0. The Morgan fingerprint density at radius 3 is 2.84 bits per heavy atom. The highest BCUT2D eigenvalue weighted by molar-refractivity contribution is 5.97. The number of amides is 2. The molecule has 3 N–H and O–H groups in total. The van der Waals surface area contributed by atoms with Crippen LogP contribution in [0.15, 0.2) is 47.5 Å². The number of carbonyl (C=O) groups is 2. The molecule has 0 radical (unpaired) electrons. The van der Waals surface area contributed by atoms with Gasteiger partial charge in [0.05, 0.1) is 16.6 Å². The second kappa shape index (κ2) is 7.00. The van der Waals surface area contributed by atoms with Gasteiger partial charge in [0.25, 0.3) is 11.8 Å². The molecule has 0 unspecified atom stereocenters. The van der Waals surface area contributed by atoms with E-state index in [1.165, 1.54) is 23.2 Å². The number of pyridine rings is 2. The summed E-state index contributed by atoms with van der Waals surface area (Å²) in [6.07, 6.45) is 3.03. The Labute approximate surface area is 142 Å². The summed E-state index contributed by atoms with van der Waals surface area (Å²) in [6.45, 7) is 0.634. The van der Waals surface area contributed by atoms with Gasteiger partial charge in [-0.15, -0.1) is 0 Å². The van der Waals surface area contributed by atoms with Crippen molar-refractivity contribution in [1.29, 1.82) is 0 Å². The number of fused-ring (bicyclic) bond motifs is 1. The first-order chi connectivity index (χ1) is 12.0. The number of aromatic nitrogens is 3. The fourth-order valence-corrected chi connectivity index (χ4v) is 2.38. The van der Waals surface area contributed by atoms with E-state index in [0.717, 1.165) is 11.0 Å². The first-order valence-electron chi connectivity index (χ1n) is 7.71. The normalized spacial score (nSPS) is 10.6. The van der Waals surface area contributed by atoms with Gasteiger partial charge in [0, 0.05) is 38.6 Å². The third kappa shape index (κ3) is 3.74. The molecule has 128 valence electrons. The van der Waals surface area contributed by atoms with Crippen LogP contribution >= 0.6 is 0 Å². The van der Waals surface area contributed by atoms with Gasteiger partial charge in [-0.1, -0.05) is 0 Å². The largest absolute Gasteiger partial charge is 0.349 e. The van der Waals surface area contributed by atoms with Crippen molar-refractivity contribution < 1.29 is 9.59 Å². The van der Waals surface area contributed by atoms with E-state index in [2.05, 4.69) is 20.3 Å². The second-order valence-electron chi connectivity index (χ2n) is 5.54. The van der Waals surface area contributed by atoms with Crippen LogP contribution in [-0.2, 0) is 0 Å². The summed E-state index contributed by atoms with van der Waals surface area (Å²) < 4.78 is 0. The molecular formula is C17H17N5O3. The lowest BCUT2D eigenvalue weighted by Gasteiger charge is -2.17. The molecule has 0 aliphatic rings. The number of nitrogens with zero attached hydrogens (tertiary/aromatic N) is 2. The highest BCUT2D eigenvalue weighted by Gasteiger charge is 2.13. The molecule has 0 aliphatic carbocycles. The molecular weight excluding hydrogens is 322 g/mol. The third-order valence-electron chi connectivity index (χ3n) is 3.74. The van der Waals surface area contributed by atoms with Crippen LogP contribution in [0.2, 0.25) is 0 Å². The Bertz CT molecular complexity index is 922. The summed E-state index contributed by atoms with van der Waals surface area (Å²) in [7, 11) is 1.63. The zero-order chi connectivity index (χ0) is 17.8. The van der Waals surface area contributed by atoms with Crippen molar-refractivity contribution in [2.45, 2.75) is 0 Å². The Kier molecular flexibility index (Phi) is 4.60. The van der Waals surface area contributed by atoms with Crippen molar-refractivity contribution >= 4 is 22.8 Å². The molecule has 0 aliphatic heterocycles. The van der Waals surface area contributed by atoms with E-state index in [9.17, 15) is 14.4 Å². The van der Waals surface area contributed by atoms with Gasteiger partial charge >= 0.3 is 0 Å². The van der Waals surface area contributed by atoms with Gasteiger partial charge in [-0.05, 0) is 24.3 Å². The molecule has 3 rings (SSSR count). The number of H-pyrrole nitrogens is 2. The van der Waals surface area contributed by atoms with Gasteiger partial charge in [-0.2, -0.15) is 0 Å². The van der Waals surface area contributed by atoms with Crippen molar-refractivity contribution in [2.75, 3.05) is 20.1 Å². The van der Waals surface area contributed by atoms with E-state index in [1.54, 1.807) is 25.4 Å². The lowest BCUT2D eigenvalue weighted by Crippen LogP contribution is -2.36. The van der Waals surface area contributed by atoms with Gasteiger partial charge < -0.3 is 20.2 Å². The number of rotatable bonds is 5. The molecule has 0 fully saturated rings. The number of nitrogens with one attached hydrogen (secondary N) is 3. The lowest BCUT2D eigenvalue weighted by atomic mass is 10.2. The monoisotopic (exact) mass is 339 g/mol. The van der Waals surface area contributed by atoms with Crippen molar-refractivity contribution in [2.24, 2.45) is 0 Å². The summed E-state index contributed by atoms with van der Waals surface area (Å²) in [5.41, 5.74) is 2.05. The quantitative estimate of drug-likeness (QED) is 0.637. The standard InChI is InChI=1S/C17H17N5O3/c1-22(17(25)11-4-5-15(23)20-10-11)8-7-19-16(24)14-9-13-12(21-14)3-2-6-18-13/h2-6,9-10,21H,7-8H2,1H3,(H,19,24)(H,20,23). The van der Waals surface area contributed by atoms with Crippen LogP contribution in [0.5, 0.6) is 0 Å². The second-order valence-corrected chi connectivity index (χ2v) is 5.54. The highest BCUT2D eigenvalue weighted by Crippen LogP contribution is 2.11. The van der Waals surface area contributed by atoms with E-state index in [1.807, 2.05) is 6.07 Å². The van der Waals surface area contributed by atoms with Crippen molar-refractivity contribution in [3.8, 4) is 0 Å². The predicted octanol–water partition coefficient (Wildman–Crippen LogP) is 0.753. The summed E-state index contributed by atoms with van der Waals surface area (Å²) in [4.78, 5) is 46.5. The fraction of sp³-hybridized carbons (Fsp3) is 0.176. The van der Waals surface area contributed by atoms with Crippen molar-refractivity contribution in [1.82, 2.24) is 25.2 Å². The van der Waals surface area contributed by atoms with Crippen LogP contribution in [0.4, 0.5) is 0 Å². The molecule has 3 heterocycles. The molecule has 8 nitrogen and oxygen atoms in total. The van der Waals surface area contributed by atoms with Crippen LogP contribution in [-0.4, -0.2) is 51.8 Å². The van der Waals surface area contributed by atoms with E-state index in [0.29, 0.717) is 24.3 Å². The molecule has 0 atom stereocenters. The van der Waals surface area contributed by atoms with Crippen LogP contribution in [0.25, 0.3) is 11.0 Å². The van der Waals surface area contributed by atoms with Crippen LogP contribution in [0.3, 0.4) is 0 Å². The molecule has 8 heteroatoms. The van der Waals surface area contributed by atoms with E-state index < -0.39 is 0 Å². The lowest BCUT2D eigenvalue weighted by molar-refractivity contribution is 0.0786. The van der Waals surface area contributed by atoms with E-state index in [-0.39, 0.29) is 17.4 Å². The Hall–Kier alpha value is -3.42. The topological polar surface area (TPSA) is 111 Å². The Morgan fingerprint density at radius 1 is 1.28 bits per heavy atom. The molecule has 0 aromatic carbocycles. The summed E-state index contributed by atoms with van der Waals surface area (Å²) in [5, 5.41) is 2.76. The molecule has 2 amide bonds. The Morgan fingerprint density at radius 2 is 2.12 bits per heavy atom. The number of likely N-dealkylation sites (N-methyl/N-ethyl adjacent to an activating group) is 1. The maximum absolute atomic E-state index is 12.2. The third-order valence-corrected chi connectivity index (χ3v) is 3.74. The van der Waals surface area contributed by atoms with E-state index in [4.69, 9.17) is 0 Å². The number of hydrogen-bond acceptors (Lipinski definition) is 4. The number of aromatic amines is 2. The maximum atomic E-state index is 12.2. The van der Waals surface area contributed by atoms with Gasteiger partial charge in [-0.25, -0.2) is 0 Å². The van der Waals surface area contributed by atoms with Gasteiger partial charge in [0.15, 0.2) is 0 Å². The summed E-state index contributed by atoms with van der Waals surface area (Å²) in [6, 6.07) is 8.08. The average Bonchev–Trinajstić information content (AvgIpc) is 3.06. The van der Waals surface area contributed by atoms with Gasteiger partial charge in [0.2, 0.25) is 5.56 Å². The minimum atomic E-state index is -0.265. The van der Waals surface area contributed by atoms with Gasteiger partial charge in [-0.3, -0.25) is 19.4 Å². The molecule has 0 saturated carbocycles. The van der Waals surface area contributed by atoms with Crippen LogP contribution in [0.1, 0.15) is 20.8 Å². The van der Waals surface area contributed by atoms with Crippen molar-refractivity contribution in [3.63, 3.8) is 0 Å². The van der Waals surface area contributed by atoms with Crippen LogP contribution in [0, 0.1) is 0 Å². The Balaban J connectivity index is 1.54. The molecule has 3 aromatic rings. The zero-order valence-corrected chi connectivity index (χ0v) is 13.6. The number of carbonyl (C=O) groups excluding carboxylic acids is 2. The smallest absolute Gasteiger partial charge is 0.267 e. The molecule has 25 heavy (non-hydrogen) atoms. The SMILES string of the molecule is CN(CCNC(=O)c1cc2ncccc2[nH]1)C(=O)c1ccc(=O)[nH]c1. The average molecular weight is 339 g/mol. The van der Waals surface area contributed by atoms with Crippen LogP contribution < -0.4 is 10.9 Å². The molecule has 0 spiro atoms.